The van der Waals surface area contributed by atoms with Gasteiger partial charge in [-0.3, -0.25) is 4.90 Å². The molecule has 94 valence electrons. The van der Waals surface area contributed by atoms with Crippen molar-refractivity contribution < 1.29 is 14.3 Å². The van der Waals surface area contributed by atoms with E-state index < -0.39 is 5.97 Å². The lowest BCUT2D eigenvalue weighted by molar-refractivity contribution is 0.0654. The zero-order valence-electron chi connectivity index (χ0n) is 10.5. The molecular weight excluding hydrogens is 218 g/mol. The van der Waals surface area contributed by atoms with Crippen molar-refractivity contribution in [3.05, 3.63) is 23.7 Å². The van der Waals surface area contributed by atoms with Gasteiger partial charge in [0.15, 0.2) is 0 Å². The Morgan fingerprint density at radius 2 is 2.12 bits per heavy atom. The predicted octanol–water partition coefficient (Wildman–Crippen LogP) is 2.77. The topological polar surface area (TPSA) is 53.7 Å². The van der Waals surface area contributed by atoms with Crippen molar-refractivity contribution in [1.82, 2.24) is 4.90 Å². The molecule has 0 aliphatic heterocycles. The molecule has 0 bridgehead atoms. The van der Waals surface area contributed by atoms with Crippen molar-refractivity contribution in [2.75, 3.05) is 7.05 Å². The minimum Gasteiger partial charge on any atom is -0.475 e. The highest BCUT2D eigenvalue weighted by Gasteiger charge is 2.33. The molecule has 0 saturated heterocycles. The van der Waals surface area contributed by atoms with Crippen LogP contribution in [0.3, 0.4) is 0 Å². The summed E-state index contributed by atoms with van der Waals surface area (Å²) in [5.41, 5.74) is 0. The largest absolute Gasteiger partial charge is 0.475 e. The minimum atomic E-state index is -1.01. The molecule has 1 aromatic rings. The molecule has 2 rings (SSSR count). The number of rotatable bonds is 5. The first-order chi connectivity index (χ1) is 8.00. The van der Waals surface area contributed by atoms with Crippen LogP contribution in [-0.4, -0.2) is 29.1 Å². The molecule has 4 heteroatoms. The number of hydrogen-bond donors (Lipinski definition) is 1. The van der Waals surface area contributed by atoms with E-state index in [-0.39, 0.29) is 11.8 Å². The molecule has 17 heavy (non-hydrogen) atoms. The van der Waals surface area contributed by atoms with Gasteiger partial charge in [-0.1, -0.05) is 0 Å². The van der Waals surface area contributed by atoms with Gasteiger partial charge in [-0.05, 0) is 51.8 Å². The fourth-order valence-corrected chi connectivity index (χ4v) is 2.16. The van der Waals surface area contributed by atoms with Crippen molar-refractivity contribution in [1.29, 1.82) is 0 Å². The lowest BCUT2D eigenvalue weighted by Gasteiger charge is -2.29. The van der Waals surface area contributed by atoms with Crippen LogP contribution in [0.4, 0.5) is 0 Å². The SMILES string of the molecule is CC(c1ccc(C(=O)O)o1)N(C)C(C)C1CC1. The summed E-state index contributed by atoms with van der Waals surface area (Å²) in [6.45, 7) is 4.26. The molecular formula is C13H19NO3. The molecule has 0 radical (unpaired) electrons. The maximum atomic E-state index is 10.8. The van der Waals surface area contributed by atoms with Gasteiger partial charge in [-0.15, -0.1) is 0 Å². The van der Waals surface area contributed by atoms with Crippen LogP contribution in [0, 0.1) is 5.92 Å². The van der Waals surface area contributed by atoms with Gasteiger partial charge < -0.3 is 9.52 Å². The van der Waals surface area contributed by atoms with Gasteiger partial charge in [0.1, 0.15) is 5.76 Å². The third-order valence-corrected chi connectivity index (χ3v) is 3.81. The van der Waals surface area contributed by atoms with E-state index in [0.717, 1.165) is 11.7 Å². The second-order valence-corrected chi connectivity index (χ2v) is 4.93. The van der Waals surface area contributed by atoms with E-state index in [1.165, 1.54) is 18.9 Å². The van der Waals surface area contributed by atoms with Gasteiger partial charge >= 0.3 is 5.97 Å². The number of nitrogens with zero attached hydrogens (tertiary/aromatic N) is 1. The molecule has 1 heterocycles. The van der Waals surface area contributed by atoms with Crippen molar-refractivity contribution in [2.24, 2.45) is 5.92 Å². The molecule has 2 unspecified atom stereocenters. The fraction of sp³-hybridized carbons (Fsp3) is 0.615. The summed E-state index contributed by atoms with van der Waals surface area (Å²) in [6.07, 6.45) is 2.60. The first kappa shape index (κ1) is 12.2. The van der Waals surface area contributed by atoms with Gasteiger partial charge in [-0.25, -0.2) is 4.79 Å². The molecule has 0 amide bonds. The number of carboxylic acid groups (broad SMARTS) is 1. The Hall–Kier alpha value is -1.29. The summed E-state index contributed by atoms with van der Waals surface area (Å²) in [4.78, 5) is 13.0. The molecule has 1 saturated carbocycles. The number of hydrogen-bond acceptors (Lipinski definition) is 3. The van der Waals surface area contributed by atoms with Crippen LogP contribution in [0.15, 0.2) is 16.5 Å². The normalized spacial score (nSPS) is 19.3. The Labute approximate surface area is 101 Å². The molecule has 0 spiro atoms. The lowest BCUT2D eigenvalue weighted by Crippen LogP contribution is -2.33. The molecule has 4 nitrogen and oxygen atoms in total. The highest BCUT2D eigenvalue weighted by Crippen LogP contribution is 2.37. The van der Waals surface area contributed by atoms with Crippen LogP contribution in [-0.2, 0) is 0 Å². The zero-order valence-corrected chi connectivity index (χ0v) is 10.5. The lowest BCUT2D eigenvalue weighted by atomic mass is 10.1. The van der Waals surface area contributed by atoms with E-state index in [4.69, 9.17) is 9.52 Å². The van der Waals surface area contributed by atoms with Gasteiger partial charge in [0, 0.05) is 6.04 Å². The number of aromatic carboxylic acids is 1. The summed E-state index contributed by atoms with van der Waals surface area (Å²) < 4.78 is 5.34. The highest BCUT2D eigenvalue weighted by molar-refractivity contribution is 5.84. The van der Waals surface area contributed by atoms with Crippen molar-refractivity contribution >= 4 is 5.97 Å². The summed E-state index contributed by atoms with van der Waals surface area (Å²) in [7, 11) is 2.07. The van der Waals surface area contributed by atoms with Gasteiger partial charge in [-0.2, -0.15) is 0 Å². The van der Waals surface area contributed by atoms with Crippen LogP contribution in [0.5, 0.6) is 0 Å². The van der Waals surface area contributed by atoms with Gasteiger partial charge in [0.05, 0.1) is 6.04 Å². The third-order valence-electron chi connectivity index (χ3n) is 3.81. The molecule has 1 N–H and O–H groups in total. The summed E-state index contributed by atoms with van der Waals surface area (Å²) >= 11 is 0. The van der Waals surface area contributed by atoms with E-state index in [1.807, 2.05) is 6.92 Å². The summed E-state index contributed by atoms with van der Waals surface area (Å²) in [5, 5.41) is 8.82. The van der Waals surface area contributed by atoms with Crippen LogP contribution < -0.4 is 0 Å². The highest BCUT2D eigenvalue weighted by atomic mass is 16.4. The first-order valence-electron chi connectivity index (χ1n) is 6.05. The number of furan rings is 1. The smallest absolute Gasteiger partial charge is 0.371 e. The Bertz CT molecular complexity index is 409. The monoisotopic (exact) mass is 237 g/mol. The van der Waals surface area contributed by atoms with E-state index in [2.05, 4.69) is 18.9 Å². The molecule has 1 fully saturated rings. The van der Waals surface area contributed by atoms with Crippen LogP contribution in [0.2, 0.25) is 0 Å². The van der Waals surface area contributed by atoms with Gasteiger partial charge in [0.2, 0.25) is 5.76 Å². The van der Waals surface area contributed by atoms with Crippen molar-refractivity contribution in [3.63, 3.8) is 0 Å². The molecule has 2 atom stereocenters. The molecule has 0 aromatic carbocycles. The van der Waals surface area contributed by atoms with E-state index in [1.54, 1.807) is 6.07 Å². The second-order valence-electron chi connectivity index (χ2n) is 4.93. The Morgan fingerprint density at radius 3 is 2.59 bits per heavy atom. The summed E-state index contributed by atoms with van der Waals surface area (Å²) in [5.74, 6) is 0.509. The van der Waals surface area contributed by atoms with Crippen LogP contribution in [0.25, 0.3) is 0 Å². The van der Waals surface area contributed by atoms with Crippen LogP contribution in [0.1, 0.15) is 49.0 Å². The molecule has 1 aliphatic carbocycles. The molecule has 1 aromatic heterocycles. The molecule has 1 aliphatic rings. The van der Waals surface area contributed by atoms with E-state index >= 15 is 0 Å². The summed E-state index contributed by atoms with van der Waals surface area (Å²) in [6, 6.07) is 3.90. The third kappa shape index (κ3) is 2.52. The standard InChI is InChI=1S/C13H19NO3/c1-8(10-4-5-10)14(3)9(2)11-6-7-12(17-11)13(15)16/h6-10H,4-5H2,1-3H3,(H,15,16). The van der Waals surface area contributed by atoms with Crippen LogP contribution >= 0.6 is 0 Å². The Balaban J connectivity index is 2.06. The predicted molar refractivity (Wildman–Crippen MR) is 64.0 cm³/mol. The number of carbonyl (C=O) groups is 1. The zero-order chi connectivity index (χ0) is 12.6. The van der Waals surface area contributed by atoms with E-state index in [0.29, 0.717) is 6.04 Å². The minimum absolute atomic E-state index is 0.0133. The van der Waals surface area contributed by atoms with Gasteiger partial charge in [0.25, 0.3) is 0 Å². The fourth-order valence-electron chi connectivity index (χ4n) is 2.16. The quantitative estimate of drug-likeness (QED) is 0.855. The average Bonchev–Trinajstić information content (AvgIpc) is 3.03. The Morgan fingerprint density at radius 1 is 1.47 bits per heavy atom. The Kier molecular flexibility index (Phi) is 3.24. The first-order valence-corrected chi connectivity index (χ1v) is 6.05. The number of carboxylic acids is 1. The van der Waals surface area contributed by atoms with E-state index in [9.17, 15) is 4.79 Å². The van der Waals surface area contributed by atoms with Crippen molar-refractivity contribution in [2.45, 2.75) is 38.8 Å². The average molecular weight is 237 g/mol. The maximum Gasteiger partial charge on any atom is 0.371 e. The van der Waals surface area contributed by atoms with Crippen molar-refractivity contribution in [3.8, 4) is 0 Å². The maximum absolute atomic E-state index is 10.8. The second kappa shape index (κ2) is 4.53.